The van der Waals surface area contributed by atoms with E-state index >= 15 is 0 Å². The van der Waals surface area contributed by atoms with Crippen molar-refractivity contribution >= 4 is 11.8 Å². The fraction of sp³-hybridized carbons (Fsp3) is 0.467. The summed E-state index contributed by atoms with van der Waals surface area (Å²) >= 11 is 0. The van der Waals surface area contributed by atoms with Gasteiger partial charge in [-0.2, -0.15) is 0 Å². The highest BCUT2D eigenvalue weighted by molar-refractivity contribution is 6.22. The second-order valence-corrected chi connectivity index (χ2v) is 5.53. The number of rotatable bonds is 4. The van der Waals surface area contributed by atoms with Crippen molar-refractivity contribution in [3.63, 3.8) is 0 Å². The SMILES string of the molecule is CC(C)C(Oc1cccc2c1C(=O)NC2=O)C(C)C. The quantitative estimate of drug-likeness (QED) is 0.848. The Kier molecular flexibility index (Phi) is 3.60. The zero-order valence-corrected chi connectivity index (χ0v) is 11.7. The second kappa shape index (κ2) is 5.03. The first-order valence-corrected chi connectivity index (χ1v) is 6.57. The van der Waals surface area contributed by atoms with Gasteiger partial charge in [0.1, 0.15) is 11.9 Å². The summed E-state index contributed by atoms with van der Waals surface area (Å²) in [5.74, 6) is 0.429. The molecular weight excluding hydrogens is 242 g/mol. The zero-order chi connectivity index (χ0) is 14.2. The number of carbonyl (C=O) groups is 2. The van der Waals surface area contributed by atoms with Crippen LogP contribution >= 0.6 is 0 Å². The lowest BCUT2D eigenvalue weighted by molar-refractivity contribution is 0.0867. The normalized spacial score (nSPS) is 14.3. The van der Waals surface area contributed by atoms with Gasteiger partial charge < -0.3 is 4.74 Å². The summed E-state index contributed by atoms with van der Waals surface area (Å²) in [6.07, 6.45) is 0.00926. The van der Waals surface area contributed by atoms with Gasteiger partial charge >= 0.3 is 0 Å². The molecule has 2 rings (SSSR count). The highest BCUT2D eigenvalue weighted by Crippen LogP contribution is 2.29. The number of carbonyl (C=O) groups excluding carboxylic acids is 2. The third-order valence-electron chi connectivity index (χ3n) is 3.30. The van der Waals surface area contributed by atoms with Crippen molar-refractivity contribution in [2.45, 2.75) is 33.8 Å². The van der Waals surface area contributed by atoms with E-state index in [0.29, 0.717) is 28.7 Å². The van der Waals surface area contributed by atoms with Crippen LogP contribution < -0.4 is 10.1 Å². The lowest BCUT2D eigenvalue weighted by atomic mass is 9.96. The molecule has 2 amide bonds. The summed E-state index contributed by atoms with van der Waals surface area (Å²) in [6, 6.07) is 5.13. The highest BCUT2D eigenvalue weighted by Gasteiger charge is 2.31. The van der Waals surface area contributed by atoms with Gasteiger partial charge in [0.15, 0.2) is 0 Å². The molecule has 0 aliphatic carbocycles. The molecule has 1 aliphatic rings. The molecule has 0 radical (unpaired) electrons. The molecule has 0 saturated carbocycles. The minimum Gasteiger partial charge on any atom is -0.489 e. The van der Waals surface area contributed by atoms with E-state index in [1.165, 1.54) is 0 Å². The Hall–Kier alpha value is -1.84. The van der Waals surface area contributed by atoms with Crippen LogP contribution in [0.1, 0.15) is 48.4 Å². The Balaban J connectivity index is 2.37. The maximum atomic E-state index is 11.8. The Morgan fingerprint density at radius 3 is 2.21 bits per heavy atom. The van der Waals surface area contributed by atoms with Crippen molar-refractivity contribution in [3.8, 4) is 5.75 Å². The minimum atomic E-state index is -0.373. The molecule has 0 spiro atoms. The van der Waals surface area contributed by atoms with E-state index in [0.717, 1.165) is 0 Å². The van der Waals surface area contributed by atoms with Gasteiger partial charge in [0.05, 0.1) is 11.1 Å². The van der Waals surface area contributed by atoms with Crippen LogP contribution in [-0.2, 0) is 0 Å². The summed E-state index contributed by atoms with van der Waals surface area (Å²) in [4.78, 5) is 23.4. The molecule has 1 aliphatic heterocycles. The summed E-state index contributed by atoms with van der Waals surface area (Å²) in [7, 11) is 0. The lowest BCUT2D eigenvalue weighted by Gasteiger charge is -2.26. The first-order valence-electron chi connectivity index (χ1n) is 6.57. The molecule has 1 N–H and O–H groups in total. The lowest BCUT2D eigenvalue weighted by Crippen LogP contribution is -2.29. The molecule has 0 fully saturated rings. The van der Waals surface area contributed by atoms with Crippen LogP contribution in [0.2, 0.25) is 0 Å². The maximum Gasteiger partial charge on any atom is 0.262 e. The summed E-state index contributed by atoms with van der Waals surface area (Å²) in [5, 5.41) is 2.30. The first kappa shape index (κ1) is 13.6. The number of nitrogens with one attached hydrogen (secondary N) is 1. The van der Waals surface area contributed by atoms with E-state index in [1.807, 2.05) is 0 Å². The molecule has 4 nitrogen and oxygen atoms in total. The zero-order valence-electron chi connectivity index (χ0n) is 11.7. The average molecular weight is 261 g/mol. The maximum absolute atomic E-state index is 11.8. The molecule has 1 aromatic carbocycles. The third-order valence-corrected chi connectivity index (χ3v) is 3.30. The van der Waals surface area contributed by atoms with E-state index in [2.05, 4.69) is 33.0 Å². The fourth-order valence-electron chi connectivity index (χ4n) is 2.47. The summed E-state index contributed by atoms with van der Waals surface area (Å²) in [5.41, 5.74) is 0.757. The van der Waals surface area contributed by atoms with Crippen molar-refractivity contribution in [2.75, 3.05) is 0 Å². The van der Waals surface area contributed by atoms with Crippen LogP contribution in [0.25, 0.3) is 0 Å². The Morgan fingerprint density at radius 2 is 1.63 bits per heavy atom. The second-order valence-electron chi connectivity index (χ2n) is 5.53. The first-order chi connectivity index (χ1) is 8.91. The van der Waals surface area contributed by atoms with E-state index in [1.54, 1.807) is 18.2 Å². The molecule has 19 heavy (non-hydrogen) atoms. The van der Waals surface area contributed by atoms with E-state index in [-0.39, 0.29) is 17.9 Å². The van der Waals surface area contributed by atoms with Gasteiger partial charge in [-0.3, -0.25) is 14.9 Å². The third kappa shape index (κ3) is 2.48. The minimum absolute atomic E-state index is 0.00926. The molecule has 0 aromatic heterocycles. The van der Waals surface area contributed by atoms with Crippen LogP contribution in [0.4, 0.5) is 0 Å². The Bertz CT molecular complexity index is 512. The van der Waals surface area contributed by atoms with Crippen LogP contribution in [-0.4, -0.2) is 17.9 Å². The van der Waals surface area contributed by atoms with E-state index < -0.39 is 0 Å². The van der Waals surface area contributed by atoms with Gasteiger partial charge in [0.2, 0.25) is 0 Å². The Labute approximate surface area is 113 Å². The van der Waals surface area contributed by atoms with Crippen molar-refractivity contribution in [1.29, 1.82) is 0 Å². The summed E-state index contributed by atoms with van der Waals surface area (Å²) < 4.78 is 5.99. The van der Waals surface area contributed by atoms with Gasteiger partial charge in [0, 0.05) is 0 Å². The molecule has 0 unspecified atom stereocenters. The van der Waals surface area contributed by atoms with Gasteiger partial charge in [-0.15, -0.1) is 0 Å². The standard InChI is InChI=1S/C15H19NO3/c1-8(2)13(9(3)4)19-11-7-5-6-10-12(11)15(18)16-14(10)17/h5-9,13H,1-4H3,(H,16,17,18). The average Bonchev–Trinajstić information content (AvgIpc) is 2.62. The van der Waals surface area contributed by atoms with Crippen LogP contribution in [0.3, 0.4) is 0 Å². The van der Waals surface area contributed by atoms with Crippen molar-refractivity contribution in [2.24, 2.45) is 11.8 Å². The highest BCUT2D eigenvalue weighted by atomic mass is 16.5. The number of imide groups is 1. The number of amides is 2. The van der Waals surface area contributed by atoms with Gasteiger partial charge in [0.25, 0.3) is 11.8 Å². The molecule has 0 atom stereocenters. The van der Waals surface area contributed by atoms with Crippen molar-refractivity contribution in [1.82, 2.24) is 5.32 Å². The molecule has 102 valence electrons. The molecule has 1 heterocycles. The fourth-order valence-corrected chi connectivity index (χ4v) is 2.47. The molecule has 4 heteroatoms. The molecular formula is C15H19NO3. The number of benzene rings is 1. The smallest absolute Gasteiger partial charge is 0.262 e. The van der Waals surface area contributed by atoms with Crippen molar-refractivity contribution < 1.29 is 14.3 Å². The van der Waals surface area contributed by atoms with Gasteiger partial charge in [-0.25, -0.2) is 0 Å². The predicted octanol–water partition coefficient (Wildman–Crippen LogP) is 2.63. The number of hydrogen-bond donors (Lipinski definition) is 1. The number of hydrogen-bond acceptors (Lipinski definition) is 3. The monoisotopic (exact) mass is 261 g/mol. The van der Waals surface area contributed by atoms with Gasteiger partial charge in [-0.1, -0.05) is 33.8 Å². The topological polar surface area (TPSA) is 55.4 Å². The number of fused-ring (bicyclic) bond motifs is 1. The Morgan fingerprint density at radius 1 is 1.00 bits per heavy atom. The largest absolute Gasteiger partial charge is 0.489 e. The van der Waals surface area contributed by atoms with Crippen LogP contribution in [0, 0.1) is 11.8 Å². The van der Waals surface area contributed by atoms with Crippen LogP contribution in [0.15, 0.2) is 18.2 Å². The van der Waals surface area contributed by atoms with Gasteiger partial charge in [-0.05, 0) is 24.0 Å². The molecule has 0 bridgehead atoms. The van der Waals surface area contributed by atoms with Crippen molar-refractivity contribution in [3.05, 3.63) is 29.3 Å². The summed E-state index contributed by atoms with van der Waals surface area (Å²) in [6.45, 7) is 8.33. The van der Waals surface area contributed by atoms with Crippen LogP contribution in [0.5, 0.6) is 5.75 Å². The van der Waals surface area contributed by atoms with E-state index in [9.17, 15) is 9.59 Å². The molecule has 0 saturated heterocycles. The predicted molar refractivity (Wildman–Crippen MR) is 72.3 cm³/mol. The number of ether oxygens (including phenoxy) is 1. The van der Waals surface area contributed by atoms with E-state index in [4.69, 9.17) is 4.74 Å². The molecule has 1 aromatic rings.